The summed E-state index contributed by atoms with van der Waals surface area (Å²) in [6.07, 6.45) is 8.53. The highest BCUT2D eigenvalue weighted by Gasteiger charge is 2.39. The largest absolute Gasteiger partial charge is 0.507 e. The summed E-state index contributed by atoms with van der Waals surface area (Å²) >= 11 is 0. The minimum Gasteiger partial charge on any atom is -0.507 e. The molecule has 1 aromatic carbocycles. The molecular weight excluding hydrogens is 430 g/mol. The first kappa shape index (κ1) is 25.9. The summed E-state index contributed by atoms with van der Waals surface area (Å²) in [5, 5.41) is 22.7. The summed E-state index contributed by atoms with van der Waals surface area (Å²) in [5.74, 6) is -1.18. The lowest BCUT2D eigenvalue weighted by Gasteiger charge is -2.32. The number of allylic oxidation sites excluding steroid dienone is 3. The number of aromatic hydroxyl groups is 2. The monoisotopic (exact) mass is 469 g/mol. The fourth-order valence-corrected chi connectivity index (χ4v) is 5.49. The minimum absolute atomic E-state index is 0.00804. The van der Waals surface area contributed by atoms with Crippen molar-refractivity contribution in [3.8, 4) is 11.5 Å². The molecule has 1 aliphatic carbocycles. The van der Waals surface area contributed by atoms with Gasteiger partial charge in [0.2, 0.25) is 0 Å². The van der Waals surface area contributed by atoms with E-state index >= 15 is 0 Å². The van der Waals surface area contributed by atoms with Crippen LogP contribution in [0.2, 0.25) is 0 Å². The van der Waals surface area contributed by atoms with Crippen LogP contribution in [0.4, 0.5) is 0 Å². The van der Waals surface area contributed by atoms with Gasteiger partial charge >= 0.3 is 5.97 Å². The average Bonchev–Trinajstić information content (AvgIpc) is 3.28. The highest BCUT2D eigenvalue weighted by molar-refractivity contribution is 6.01. The normalized spacial score (nSPS) is 22.4. The summed E-state index contributed by atoms with van der Waals surface area (Å²) in [7, 11) is 1.32. The number of esters is 1. The van der Waals surface area contributed by atoms with E-state index in [4.69, 9.17) is 4.74 Å². The molecule has 1 aromatic rings. The van der Waals surface area contributed by atoms with E-state index in [9.17, 15) is 19.8 Å². The predicted molar refractivity (Wildman–Crippen MR) is 133 cm³/mol. The van der Waals surface area contributed by atoms with Gasteiger partial charge in [0.05, 0.1) is 12.7 Å². The number of likely N-dealkylation sites (tertiary alicyclic amines) is 1. The molecule has 1 aliphatic heterocycles. The van der Waals surface area contributed by atoms with E-state index in [1.807, 2.05) is 13.8 Å². The maximum absolute atomic E-state index is 13.8. The fourth-order valence-electron chi connectivity index (χ4n) is 5.49. The van der Waals surface area contributed by atoms with E-state index in [0.29, 0.717) is 36.9 Å². The van der Waals surface area contributed by atoms with Crippen molar-refractivity contribution in [3.63, 3.8) is 0 Å². The van der Waals surface area contributed by atoms with Crippen LogP contribution in [0.3, 0.4) is 0 Å². The van der Waals surface area contributed by atoms with Crippen molar-refractivity contribution in [1.29, 1.82) is 0 Å². The molecule has 2 unspecified atom stereocenters. The number of carbonyl (C=O) groups is 2. The first-order chi connectivity index (χ1) is 16.2. The van der Waals surface area contributed by atoms with Crippen LogP contribution in [0.1, 0.15) is 93.1 Å². The predicted octanol–water partition coefficient (Wildman–Crippen LogP) is 5.62. The zero-order valence-corrected chi connectivity index (χ0v) is 21.0. The SMILES string of the molecule is C=C(C)C1CCC(C)=CC1c1c(O)cc(CCCCC)c(C(=O)N2CCC[C@@H]2C(=O)OC)c1O. The van der Waals surface area contributed by atoms with Gasteiger partial charge in [0.25, 0.3) is 5.91 Å². The molecule has 3 rings (SSSR count). The van der Waals surface area contributed by atoms with Gasteiger partial charge in [-0.2, -0.15) is 0 Å². The molecule has 1 saturated heterocycles. The highest BCUT2D eigenvalue weighted by Crippen LogP contribution is 2.48. The van der Waals surface area contributed by atoms with Gasteiger partial charge < -0.3 is 19.8 Å². The summed E-state index contributed by atoms with van der Waals surface area (Å²) in [4.78, 5) is 27.7. The molecule has 3 atom stereocenters. The average molecular weight is 470 g/mol. The molecule has 1 amide bonds. The summed E-state index contributed by atoms with van der Waals surface area (Å²) in [6, 6.07) is 0.992. The molecular formula is C28H39NO5. The van der Waals surface area contributed by atoms with Crippen LogP contribution in [0, 0.1) is 5.92 Å². The zero-order chi connectivity index (χ0) is 25.0. The van der Waals surface area contributed by atoms with Crippen molar-refractivity contribution in [2.45, 2.75) is 84.1 Å². The Kier molecular flexibility index (Phi) is 8.45. The summed E-state index contributed by atoms with van der Waals surface area (Å²) in [6.45, 7) is 10.7. The third-order valence-corrected chi connectivity index (χ3v) is 7.36. The number of benzene rings is 1. The van der Waals surface area contributed by atoms with Crippen LogP contribution in [-0.4, -0.2) is 46.7 Å². The molecule has 0 radical (unpaired) electrons. The summed E-state index contributed by atoms with van der Waals surface area (Å²) in [5.41, 5.74) is 3.38. The Morgan fingerprint density at radius 2 is 1.97 bits per heavy atom. The van der Waals surface area contributed by atoms with Gasteiger partial charge in [-0.25, -0.2) is 4.79 Å². The molecule has 1 fully saturated rings. The number of unbranched alkanes of at least 4 members (excludes halogenated alkanes) is 2. The van der Waals surface area contributed by atoms with Crippen LogP contribution < -0.4 is 0 Å². The quantitative estimate of drug-likeness (QED) is 0.293. The molecule has 0 aromatic heterocycles. The lowest BCUT2D eigenvalue weighted by Crippen LogP contribution is -2.41. The Bertz CT molecular complexity index is 979. The summed E-state index contributed by atoms with van der Waals surface area (Å²) < 4.78 is 4.93. The molecule has 2 N–H and O–H groups in total. The maximum atomic E-state index is 13.8. The molecule has 6 heteroatoms. The lowest BCUT2D eigenvalue weighted by molar-refractivity contribution is -0.145. The topological polar surface area (TPSA) is 87.1 Å². The van der Waals surface area contributed by atoms with Crippen molar-refractivity contribution in [2.75, 3.05) is 13.7 Å². The van der Waals surface area contributed by atoms with Gasteiger partial charge in [0, 0.05) is 18.0 Å². The smallest absolute Gasteiger partial charge is 0.328 e. The number of hydrogen-bond acceptors (Lipinski definition) is 5. The first-order valence-corrected chi connectivity index (χ1v) is 12.5. The highest BCUT2D eigenvalue weighted by atomic mass is 16.5. The van der Waals surface area contributed by atoms with E-state index in [0.717, 1.165) is 37.7 Å². The van der Waals surface area contributed by atoms with Crippen LogP contribution >= 0.6 is 0 Å². The lowest BCUT2D eigenvalue weighted by atomic mass is 9.73. The Hall–Kier alpha value is -2.76. The fraction of sp³-hybridized carbons (Fsp3) is 0.571. The van der Waals surface area contributed by atoms with Crippen LogP contribution in [0.25, 0.3) is 0 Å². The van der Waals surface area contributed by atoms with Gasteiger partial charge in [0.1, 0.15) is 17.5 Å². The third-order valence-electron chi connectivity index (χ3n) is 7.36. The molecule has 6 nitrogen and oxygen atoms in total. The van der Waals surface area contributed by atoms with Gasteiger partial charge in [-0.15, -0.1) is 0 Å². The second-order valence-corrected chi connectivity index (χ2v) is 9.86. The van der Waals surface area contributed by atoms with E-state index < -0.39 is 12.0 Å². The Balaban J connectivity index is 2.14. The van der Waals surface area contributed by atoms with E-state index in [-0.39, 0.29) is 34.8 Å². The number of amides is 1. The molecule has 2 aliphatic rings. The van der Waals surface area contributed by atoms with Gasteiger partial charge in [-0.05, 0) is 69.9 Å². The van der Waals surface area contributed by atoms with Crippen LogP contribution in [-0.2, 0) is 16.0 Å². The van der Waals surface area contributed by atoms with Crippen molar-refractivity contribution >= 4 is 11.9 Å². The number of ether oxygens (including phenoxy) is 1. The molecule has 186 valence electrons. The second-order valence-electron chi connectivity index (χ2n) is 9.86. The molecule has 34 heavy (non-hydrogen) atoms. The number of rotatable bonds is 8. The van der Waals surface area contributed by atoms with Crippen molar-refractivity contribution < 1.29 is 24.5 Å². The van der Waals surface area contributed by atoms with Crippen molar-refractivity contribution in [1.82, 2.24) is 4.90 Å². The van der Waals surface area contributed by atoms with Crippen molar-refractivity contribution in [2.24, 2.45) is 5.92 Å². The number of aryl methyl sites for hydroxylation is 1. The Labute approximate surface area is 203 Å². The number of nitrogens with zero attached hydrogens (tertiary/aromatic N) is 1. The third kappa shape index (κ3) is 5.16. The van der Waals surface area contributed by atoms with Crippen molar-refractivity contribution in [3.05, 3.63) is 46.6 Å². The molecule has 0 saturated carbocycles. The number of phenolic OH excluding ortho intramolecular Hbond substituents is 2. The zero-order valence-electron chi connectivity index (χ0n) is 21.0. The number of methoxy groups -OCH3 is 1. The molecule has 0 bridgehead atoms. The van der Waals surface area contributed by atoms with Gasteiger partial charge in [-0.1, -0.05) is 43.6 Å². The van der Waals surface area contributed by atoms with E-state index in [2.05, 4.69) is 19.6 Å². The molecule has 1 heterocycles. The minimum atomic E-state index is -0.655. The van der Waals surface area contributed by atoms with E-state index in [1.54, 1.807) is 6.07 Å². The number of phenols is 2. The standard InChI is InChI=1S/C28H39NO5/c1-6-7-8-10-19-16-23(30)25(21-15-18(4)12-13-20(21)17(2)3)26(31)24(19)27(32)29-14-9-11-22(29)28(33)34-5/h15-16,20-22,30-31H,2,6-14H2,1,3-5H3/t20?,21?,22-/m1/s1. The van der Waals surface area contributed by atoms with Crippen LogP contribution in [0.5, 0.6) is 11.5 Å². The Morgan fingerprint density at radius 3 is 2.62 bits per heavy atom. The second kappa shape index (κ2) is 11.1. The molecule has 0 spiro atoms. The van der Waals surface area contributed by atoms with Crippen LogP contribution in [0.15, 0.2) is 29.9 Å². The van der Waals surface area contributed by atoms with Gasteiger partial charge in [0.15, 0.2) is 0 Å². The number of carbonyl (C=O) groups excluding carboxylic acids is 2. The first-order valence-electron chi connectivity index (χ1n) is 12.5. The maximum Gasteiger partial charge on any atom is 0.328 e. The number of hydrogen-bond donors (Lipinski definition) is 2. The Morgan fingerprint density at radius 1 is 1.24 bits per heavy atom. The van der Waals surface area contributed by atoms with Gasteiger partial charge in [-0.3, -0.25) is 4.79 Å². The van der Waals surface area contributed by atoms with E-state index in [1.165, 1.54) is 17.6 Å².